The normalized spacial score (nSPS) is 12.0. The Morgan fingerprint density at radius 1 is 0.478 bits per heavy atom. The zero-order valence-electron chi connectivity index (χ0n) is 30.9. The van der Waals surface area contributed by atoms with Gasteiger partial charge in [0.25, 0.3) is 0 Å². The molecule has 0 saturated heterocycles. The van der Waals surface area contributed by atoms with E-state index in [4.69, 9.17) is 9.98 Å². The van der Waals surface area contributed by atoms with E-state index < -0.39 is 0 Å². The predicted molar refractivity (Wildman–Crippen MR) is 207 cm³/mol. The van der Waals surface area contributed by atoms with Crippen LogP contribution in [0.15, 0.2) is 46.4 Å². The van der Waals surface area contributed by atoms with Crippen molar-refractivity contribution in [3.63, 3.8) is 0 Å². The molecule has 0 amide bonds. The van der Waals surface area contributed by atoms with Gasteiger partial charge in [-0.25, -0.2) is 4.99 Å². The molecule has 0 aliphatic carbocycles. The fourth-order valence-electron chi connectivity index (χ4n) is 6.07. The first kappa shape index (κ1) is 39.5. The fraction of sp³-hybridized carbons (Fsp3) is 0.636. The monoisotopic (exact) mass is 625 g/mol. The van der Waals surface area contributed by atoms with Crippen molar-refractivity contribution in [2.45, 2.75) is 183 Å². The Balaban J connectivity index is 2.59. The number of rotatable bonds is 24. The Morgan fingerprint density at radius 3 is 1.37 bits per heavy atom. The summed E-state index contributed by atoms with van der Waals surface area (Å²) in [7, 11) is 0. The molecule has 2 aromatic rings. The van der Waals surface area contributed by atoms with Crippen LogP contribution < -0.4 is 0 Å². The maximum absolute atomic E-state index is 5.37. The summed E-state index contributed by atoms with van der Waals surface area (Å²) < 4.78 is 0. The third-order valence-electron chi connectivity index (χ3n) is 8.96. The van der Waals surface area contributed by atoms with Gasteiger partial charge in [-0.2, -0.15) is 0 Å². The van der Waals surface area contributed by atoms with Crippen molar-refractivity contribution in [1.29, 1.82) is 0 Å². The van der Waals surface area contributed by atoms with E-state index in [1.54, 1.807) is 0 Å². The molecule has 0 aliphatic rings. The van der Waals surface area contributed by atoms with E-state index in [1.807, 2.05) is 0 Å². The van der Waals surface area contributed by atoms with E-state index in [-0.39, 0.29) is 0 Å². The second-order valence-electron chi connectivity index (χ2n) is 13.3. The van der Waals surface area contributed by atoms with Gasteiger partial charge in [0.1, 0.15) is 5.71 Å². The first-order chi connectivity index (χ1) is 22.6. The Kier molecular flexibility index (Phi) is 21.8. The van der Waals surface area contributed by atoms with Crippen molar-refractivity contribution in [3.05, 3.63) is 58.7 Å². The SMILES string of the molecule is CCCC#CC(=Nc1ccc(CCCCC)c(CCCCC)c1)C(CCCCC)=Nc1ccc(CCCCC)c(CCCCC)c1. The molecule has 2 heteroatoms. The number of unbranched alkanes of at least 4 members (excludes halogenated alkanes) is 11. The molecule has 0 radical (unpaired) electrons. The maximum Gasteiger partial charge on any atom is 0.135 e. The first-order valence-corrected chi connectivity index (χ1v) is 19.5. The van der Waals surface area contributed by atoms with Crippen LogP contribution in [-0.2, 0) is 25.7 Å². The molecular weight excluding hydrogens is 556 g/mol. The van der Waals surface area contributed by atoms with Crippen LogP contribution in [0, 0.1) is 11.8 Å². The van der Waals surface area contributed by atoms with Gasteiger partial charge < -0.3 is 0 Å². The van der Waals surface area contributed by atoms with Crippen molar-refractivity contribution in [2.75, 3.05) is 0 Å². The third kappa shape index (κ3) is 15.8. The minimum atomic E-state index is 0.863. The Labute approximate surface area is 285 Å². The Hall–Kier alpha value is -2.66. The first-order valence-electron chi connectivity index (χ1n) is 19.5. The van der Waals surface area contributed by atoms with Crippen molar-refractivity contribution < 1.29 is 0 Å². The third-order valence-corrected chi connectivity index (χ3v) is 8.96. The summed E-state index contributed by atoms with van der Waals surface area (Å²) in [5.74, 6) is 6.95. The molecule has 0 N–H and O–H groups in total. The van der Waals surface area contributed by atoms with Gasteiger partial charge in [-0.15, -0.1) is 0 Å². The highest BCUT2D eigenvalue weighted by Crippen LogP contribution is 2.26. The second-order valence-corrected chi connectivity index (χ2v) is 13.3. The van der Waals surface area contributed by atoms with Crippen LogP contribution in [0.1, 0.15) is 179 Å². The van der Waals surface area contributed by atoms with E-state index in [0.717, 1.165) is 61.3 Å². The lowest BCUT2D eigenvalue weighted by atomic mass is 9.96. The molecule has 0 spiro atoms. The molecule has 0 aliphatic heterocycles. The highest BCUT2D eigenvalue weighted by Gasteiger charge is 2.12. The summed E-state index contributed by atoms with van der Waals surface area (Å²) in [6.07, 6.45) is 26.2. The smallest absolute Gasteiger partial charge is 0.135 e. The summed E-state index contributed by atoms with van der Waals surface area (Å²) in [6, 6.07) is 13.9. The molecule has 46 heavy (non-hydrogen) atoms. The average molecular weight is 625 g/mol. The minimum Gasteiger partial charge on any atom is -0.251 e. The van der Waals surface area contributed by atoms with Gasteiger partial charge in [0.05, 0.1) is 17.1 Å². The van der Waals surface area contributed by atoms with Crippen LogP contribution in [0.25, 0.3) is 0 Å². The summed E-state index contributed by atoms with van der Waals surface area (Å²) in [5.41, 5.74) is 10.00. The number of aryl methyl sites for hydroxylation is 4. The van der Waals surface area contributed by atoms with Gasteiger partial charge in [-0.3, -0.25) is 4.99 Å². The number of hydrogen-bond donors (Lipinski definition) is 0. The summed E-state index contributed by atoms with van der Waals surface area (Å²) in [4.78, 5) is 10.7. The van der Waals surface area contributed by atoms with Gasteiger partial charge in [-0.1, -0.05) is 124 Å². The lowest BCUT2D eigenvalue weighted by molar-refractivity contribution is 0.693. The average Bonchev–Trinajstić information content (AvgIpc) is 3.06. The summed E-state index contributed by atoms with van der Waals surface area (Å²) in [6.45, 7) is 13.6. The molecule has 2 rings (SSSR count). The van der Waals surface area contributed by atoms with Crippen LogP contribution in [0.4, 0.5) is 11.4 Å². The summed E-state index contributed by atoms with van der Waals surface area (Å²) >= 11 is 0. The Bertz CT molecular complexity index is 1220. The van der Waals surface area contributed by atoms with E-state index in [0.29, 0.717) is 0 Å². The molecular formula is C44H68N2. The molecule has 0 atom stereocenters. The van der Waals surface area contributed by atoms with Gasteiger partial charge >= 0.3 is 0 Å². The largest absolute Gasteiger partial charge is 0.251 e. The van der Waals surface area contributed by atoms with Gasteiger partial charge in [0, 0.05) is 6.42 Å². The number of benzene rings is 2. The fourth-order valence-corrected chi connectivity index (χ4v) is 6.07. The molecule has 0 heterocycles. The number of nitrogens with zero attached hydrogens (tertiary/aromatic N) is 2. The molecule has 2 nitrogen and oxygen atoms in total. The molecule has 0 fully saturated rings. The van der Waals surface area contributed by atoms with Gasteiger partial charge in [0.15, 0.2) is 0 Å². The number of aliphatic imine (C=N–C) groups is 2. The molecule has 0 bridgehead atoms. The van der Waals surface area contributed by atoms with Crippen LogP contribution in [0.3, 0.4) is 0 Å². The molecule has 0 saturated carbocycles. The highest BCUT2D eigenvalue weighted by molar-refractivity contribution is 6.49. The van der Waals surface area contributed by atoms with Crippen LogP contribution in [0.2, 0.25) is 0 Å². The number of hydrogen-bond acceptors (Lipinski definition) is 2. The van der Waals surface area contributed by atoms with Crippen LogP contribution in [-0.4, -0.2) is 11.4 Å². The van der Waals surface area contributed by atoms with Crippen LogP contribution >= 0.6 is 0 Å². The molecule has 254 valence electrons. The Morgan fingerprint density at radius 2 is 0.913 bits per heavy atom. The van der Waals surface area contributed by atoms with Crippen molar-refractivity contribution >= 4 is 22.8 Å². The van der Waals surface area contributed by atoms with E-state index >= 15 is 0 Å². The van der Waals surface area contributed by atoms with Crippen molar-refractivity contribution in [3.8, 4) is 11.8 Å². The minimum absolute atomic E-state index is 0.863. The zero-order chi connectivity index (χ0) is 33.2. The molecule has 2 aromatic carbocycles. The topological polar surface area (TPSA) is 24.7 Å². The van der Waals surface area contributed by atoms with Crippen molar-refractivity contribution in [2.24, 2.45) is 9.98 Å². The quantitative estimate of drug-likeness (QED) is 0.0630. The van der Waals surface area contributed by atoms with Gasteiger partial charge in [0.2, 0.25) is 0 Å². The highest BCUT2D eigenvalue weighted by atomic mass is 14.8. The second kappa shape index (κ2) is 25.4. The van der Waals surface area contributed by atoms with Crippen LogP contribution in [0.5, 0.6) is 0 Å². The zero-order valence-corrected chi connectivity index (χ0v) is 30.9. The maximum atomic E-state index is 5.37. The molecule has 0 aromatic heterocycles. The lowest BCUT2D eigenvalue weighted by Crippen LogP contribution is -2.12. The predicted octanol–water partition coefficient (Wildman–Crippen LogP) is 13.8. The van der Waals surface area contributed by atoms with E-state index in [9.17, 15) is 0 Å². The van der Waals surface area contributed by atoms with E-state index in [1.165, 1.54) is 125 Å². The van der Waals surface area contributed by atoms with E-state index in [2.05, 4.69) is 89.8 Å². The van der Waals surface area contributed by atoms with Crippen molar-refractivity contribution in [1.82, 2.24) is 0 Å². The lowest BCUT2D eigenvalue weighted by Gasteiger charge is -2.13. The molecule has 0 unspecified atom stereocenters. The summed E-state index contributed by atoms with van der Waals surface area (Å²) in [5, 5.41) is 0. The van der Waals surface area contributed by atoms with Gasteiger partial charge in [-0.05, 0) is 123 Å². The standard InChI is InChI=1S/C44H68N2/c1-7-13-19-25-37-31-33-41(35-39(37)27-21-15-9-3)45-43(29-23-17-11-5)44(30-24-18-12-6)46-42-34-32-38(26-20-14-8-2)40(36-42)28-22-16-10-4/h31-36H,7-23,25-29H2,1-6H3.